The molecule has 0 unspecified atom stereocenters. The molecule has 112 valence electrons. The maximum Gasteiger partial charge on any atom is 0.119 e. The molecule has 2 aromatic carbocycles. The molecule has 0 aliphatic rings. The summed E-state index contributed by atoms with van der Waals surface area (Å²) in [4.78, 5) is 0. The molecule has 0 aromatic heterocycles. The van der Waals surface area contributed by atoms with Crippen LogP contribution in [-0.4, -0.2) is 0 Å². The SMILES string of the molecule is CC(C)(C)Cc1ccc(OCc2c(Cl)cccc2Cl)cc1. The van der Waals surface area contributed by atoms with E-state index in [9.17, 15) is 0 Å². The van der Waals surface area contributed by atoms with Gasteiger partial charge in [0.05, 0.1) is 0 Å². The van der Waals surface area contributed by atoms with Crippen molar-refractivity contribution in [3.63, 3.8) is 0 Å². The van der Waals surface area contributed by atoms with Gasteiger partial charge in [0.2, 0.25) is 0 Å². The first-order valence-electron chi connectivity index (χ1n) is 7.00. The molecule has 3 heteroatoms. The van der Waals surface area contributed by atoms with Gasteiger partial charge in [0.25, 0.3) is 0 Å². The van der Waals surface area contributed by atoms with Crippen molar-refractivity contribution < 1.29 is 4.74 Å². The van der Waals surface area contributed by atoms with Crippen molar-refractivity contribution in [1.82, 2.24) is 0 Å². The molecule has 0 radical (unpaired) electrons. The Bertz CT molecular complexity index is 577. The molecule has 0 N–H and O–H groups in total. The molecule has 2 aromatic rings. The van der Waals surface area contributed by atoms with E-state index in [1.807, 2.05) is 30.3 Å². The predicted molar refractivity (Wildman–Crippen MR) is 90.4 cm³/mol. The van der Waals surface area contributed by atoms with Crippen molar-refractivity contribution >= 4 is 23.2 Å². The molecule has 0 saturated heterocycles. The summed E-state index contributed by atoms with van der Waals surface area (Å²) in [6.45, 7) is 7.07. The summed E-state index contributed by atoms with van der Waals surface area (Å²) in [5.74, 6) is 0.823. The maximum atomic E-state index is 6.13. The third kappa shape index (κ3) is 4.94. The van der Waals surface area contributed by atoms with Crippen LogP contribution in [0.3, 0.4) is 0 Å². The standard InChI is InChI=1S/C18H20Cl2O/c1-18(2,3)11-13-7-9-14(10-8-13)21-12-15-16(19)5-4-6-17(15)20/h4-10H,11-12H2,1-3H3. The zero-order valence-corrected chi connectivity index (χ0v) is 14.1. The quantitative estimate of drug-likeness (QED) is 0.654. The average molecular weight is 323 g/mol. The van der Waals surface area contributed by atoms with Crippen molar-refractivity contribution in [3.05, 3.63) is 63.6 Å². The highest BCUT2D eigenvalue weighted by Crippen LogP contribution is 2.26. The molecule has 0 fully saturated rings. The van der Waals surface area contributed by atoms with Gasteiger partial charge in [0.1, 0.15) is 12.4 Å². The van der Waals surface area contributed by atoms with Crippen LogP contribution in [0.5, 0.6) is 5.75 Å². The molecule has 0 atom stereocenters. The monoisotopic (exact) mass is 322 g/mol. The number of ether oxygens (including phenoxy) is 1. The second-order valence-electron chi connectivity index (χ2n) is 6.37. The van der Waals surface area contributed by atoms with Crippen LogP contribution >= 0.6 is 23.2 Å². The van der Waals surface area contributed by atoms with Crippen LogP contribution in [0.4, 0.5) is 0 Å². The van der Waals surface area contributed by atoms with E-state index in [2.05, 4.69) is 32.9 Å². The minimum absolute atomic E-state index is 0.285. The van der Waals surface area contributed by atoms with Crippen LogP contribution in [0, 0.1) is 5.41 Å². The number of hydrogen-bond acceptors (Lipinski definition) is 1. The molecular formula is C18H20Cl2O. The summed E-state index contributed by atoms with van der Waals surface area (Å²) in [6, 6.07) is 13.7. The van der Waals surface area contributed by atoms with Gasteiger partial charge in [-0.25, -0.2) is 0 Å². The summed E-state index contributed by atoms with van der Waals surface area (Å²) < 4.78 is 5.77. The zero-order valence-electron chi connectivity index (χ0n) is 12.6. The zero-order chi connectivity index (χ0) is 15.5. The third-order valence-corrected chi connectivity index (χ3v) is 3.81. The lowest BCUT2D eigenvalue weighted by Crippen LogP contribution is -2.08. The molecule has 0 amide bonds. The largest absolute Gasteiger partial charge is 0.489 e. The molecule has 0 bridgehead atoms. The average Bonchev–Trinajstić information content (AvgIpc) is 2.38. The Morgan fingerprint density at radius 3 is 2.00 bits per heavy atom. The van der Waals surface area contributed by atoms with Crippen molar-refractivity contribution in [2.24, 2.45) is 5.41 Å². The minimum atomic E-state index is 0.285. The molecular weight excluding hydrogens is 303 g/mol. The molecule has 0 aliphatic heterocycles. The third-order valence-electron chi connectivity index (χ3n) is 3.10. The predicted octanol–water partition coefficient (Wildman–Crippen LogP) is 6.16. The van der Waals surface area contributed by atoms with Crippen molar-refractivity contribution in [2.75, 3.05) is 0 Å². The van der Waals surface area contributed by atoms with E-state index in [0.717, 1.165) is 17.7 Å². The first-order valence-corrected chi connectivity index (χ1v) is 7.75. The maximum absolute atomic E-state index is 6.13. The lowest BCUT2D eigenvalue weighted by molar-refractivity contribution is 0.306. The summed E-state index contributed by atoms with van der Waals surface area (Å²) in [5.41, 5.74) is 2.42. The molecule has 0 heterocycles. The number of halogens is 2. The lowest BCUT2D eigenvalue weighted by Gasteiger charge is -2.18. The Kier molecular flexibility index (Phi) is 5.18. The van der Waals surface area contributed by atoms with Gasteiger partial charge in [-0.2, -0.15) is 0 Å². The molecule has 0 spiro atoms. The molecule has 21 heavy (non-hydrogen) atoms. The Hall–Kier alpha value is -1.18. The van der Waals surface area contributed by atoms with E-state index in [1.54, 1.807) is 0 Å². The number of benzene rings is 2. The van der Waals surface area contributed by atoms with Crippen LogP contribution in [0.25, 0.3) is 0 Å². The van der Waals surface area contributed by atoms with Crippen LogP contribution in [0.1, 0.15) is 31.9 Å². The van der Waals surface area contributed by atoms with Gasteiger partial charge in [-0.1, -0.05) is 62.2 Å². The Morgan fingerprint density at radius 1 is 0.905 bits per heavy atom. The Morgan fingerprint density at radius 2 is 1.48 bits per heavy atom. The smallest absolute Gasteiger partial charge is 0.119 e. The summed E-state index contributed by atoms with van der Waals surface area (Å²) in [5, 5.41) is 1.26. The molecule has 0 saturated carbocycles. The van der Waals surface area contributed by atoms with Gasteiger partial charge in [-0.05, 0) is 41.7 Å². The van der Waals surface area contributed by atoms with Gasteiger partial charge in [0, 0.05) is 15.6 Å². The second-order valence-corrected chi connectivity index (χ2v) is 7.18. The highest BCUT2D eigenvalue weighted by atomic mass is 35.5. The van der Waals surface area contributed by atoms with Crippen LogP contribution < -0.4 is 4.74 Å². The van der Waals surface area contributed by atoms with Crippen molar-refractivity contribution in [2.45, 2.75) is 33.8 Å². The highest BCUT2D eigenvalue weighted by Gasteiger charge is 2.11. The van der Waals surface area contributed by atoms with Crippen molar-refractivity contribution in [1.29, 1.82) is 0 Å². The highest BCUT2D eigenvalue weighted by molar-refractivity contribution is 6.35. The van der Waals surface area contributed by atoms with E-state index in [0.29, 0.717) is 16.7 Å². The number of rotatable bonds is 4. The van der Waals surface area contributed by atoms with Gasteiger partial charge >= 0.3 is 0 Å². The van der Waals surface area contributed by atoms with E-state index < -0.39 is 0 Å². The van der Waals surface area contributed by atoms with E-state index in [-0.39, 0.29) is 5.41 Å². The summed E-state index contributed by atoms with van der Waals surface area (Å²) in [6.07, 6.45) is 1.05. The molecule has 1 nitrogen and oxygen atoms in total. The molecule has 2 rings (SSSR count). The van der Waals surface area contributed by atoms with Crippen LogP contribution in [-0.2, 0) is 13.0 Å². The Labute approximate surface area is 136 Å². The minimum Gasteiger partial charge on any atom is -0.489 e. The fourth-order valence-corrected chi connectivity index (χ4v) is 2.65. The fourth-order valence-electron chi connectivity index (χ4n) is 2.14. The lowest BCUT2D eigenvalue weighted by atomic mass is 9.88. The number of hydrogen-bond donors (Lipinski definition) is 0. The Balaban J connectivity index is 2.01. The first kappa shape index (κ1) is 16.2. The van der Waals surface area contributed by atoms with Gasteiger partial charge in [0.15, 0.2) is 0 Å². The van der Waals surface area contributed by atoms with Crippen LogP contribution in [0.15, 0.2) is 42.5 Å². The van der Waals surface area contributed by atoms with Gasteiger partial charge in [-0.3, -0.25) is 0 Å². The molecule has 0 aliphatic carbocycles. The summed E-state index contributed by atoms with van der Waals surface area (Å²) >= 11 is 12.3. The van der Waals surface area contributed by atoms with E-state index in [1.165, 1.54) is 5.56 Å². The first-order chi connectivity index (χ1) is 9.85. The van der Waals surface area contributed by atoms with E-state index in [4.69, 9.17) is 27.9 Å². The topological polar surface area (TPSA) is 9.23 Å². The fraction of sp³-hybridized carbons (Fsp3) is 0.333. The normalized spacial score (nSPS) is 11.5. The van der Waals surface area contributed by atoms with Crippen molar-refractivity contribution in [3.8, 4) is 5.75 Å². The van der Waals surface area contributed by atoms with E-state index >= 15 is 0 Å². The van der Waals surface area contributed by atoms with Gasteiger partial charge < -0.3 is 4.74 Å². The summed E-state index contributed by atoms with van der Waals surface area (Å²) in [7, 11) is 0. The second kappa shape index (κ2) is 6.72. The van der Waals surface area contributed by atoms with Gasteiger partial charge in [-0.15, -0.1) is 0 Å². The van der Waals surface area contributed by atoms with Crippen LogP contribution in [0.2, 0.25) is 10.0 Å².